The highest BCUT2D eigenvalue weighted by Gasteiger charge is 2.35. The van der Waals surface area contributed by atoms with Crippen molar-refractivity contribution in [1.82, 2.24) is 29.7 Å². The topological polar surface area (TPSA) is 80.3 Å². The van der Waals surface area contributed by atoms with Crippen molar-refractivity contribution in [2.45, 2.75) is 38.5 Å². The van der Waals surface area contributed by atoms with Gasteiger partial charge in [-0.15, -0.1) is 0 Å². The standard InChI is InChI=1S/C25H25ClF3N7O/c1-2-21(16-3-5-20(26)6-4-16)33-24(37)19-11-34(12-19)23-22-9-17(14-36(22)32-15-30-23)18-10-31-35(13-18)8-7-25(27,28)29/h3-6,9-10,13-15,19,21H,2,7-8,11-12H2,1H3,(H,33,37). The van der Waals surface area contributed by atoms with Gasteiger partial charge in [0.05, 0.1) is 24.6 Å². The first-order chi connectivity index (χ1) is 17.7. The molecule has 1 N–H and O–H groups in total. The molecule has 0 bridgehead atoms. The Bertz CT molecular complexity index is 1390. The number of carbonyl (C=O) groups is 1. The Morgan fingerprint density at radius 3 is 2.62 bits per heavy atom. The number of anilines is 1. The lowest BCUT2D eigenvalue weighted by Gasteiger charge is -2.39. The van der Waals surface area contributed by atoms with Crippen molar-refractivity contribution < 1.29 is 18.0 Å². The van der Waals surface area contributed by atoms with Crippen molar-refractivity contribution >= 4 is 28.8 Å². The molecule has 1 aliphatic heterocycles. The van der Waals surface area contributed by atoms with E-state index in [1.54, 1.807) is 16.9 Å². The van der Waals surface area contributed by atoms with Gasteiger partial charge >= 0.3 is 6.18 Å². The van der Waals surface area contributed by atoms with Crippen LogP contribution in [-0.2, 0) is 11.3 Å². The van der Waals surface area contributed by atoms with Crippen molar-refractivity contribution in [2.75, 3.05) is 18.0 Å². The van der Waals surface area contributed by atoms with Crippen LogP contribution in [0, 0.1) is 5.92 Å². The molecule has 4 aromatic rings. The molecule has 1 unspecified atom stereocenters. The van der Waals surface area contributed by atoms with E-state index in [1.165, 1.54) is 17.2 Å². The fraction of sp³-hybridized carbons (Fsp3) is 0.360. The average molecular weight is 532 g/mol. The molecule has 8 nitrogen and oxygen atoms in total. The molecule has 0 saturated carbocycles. The Labute approximate surface area is 216 Å². The monoisotopic (exact) mass is 531 g/mol. The Kier molecular flexibility index (Phi) is 6.80. The van der Waals surface area contributed by atoms with Gasteiger partial charge in [0.25, 0.3) is 0 Å². The summed E-state index contributed by atoms with van der Waals surface area (Å²) in [6.07, 6.45) is 1.93. The summed E-state index contributed by atoms with van der Waals surface area (Å²) in [5.41, 5.74) is 3.21. The number of hydrogen-bond acceptors (Lipinski definition) is 5. The number of nitrogens with zero attached hydrogens (tertiary/aromatic N) is 6. The molecule has 37 heavy (non-hydrogen) atoms. The number of amides is 1. The van der Waals surface area contributed by atoms with E-state index in [-0.39, 0.29) is 24.4 Å². The van der Waals surface area contributed by atoms with Crippen LogP contribution < -0.4 is 10.2 Å². The summed E-state index contributed by atoms with van der Waals surface area (Å²) in [5.74, 6) is 0.516. The van der Waals surface area contributed by atoms with E-state index in [0.29, 0.717) is 29.5 Å². The van der Waals surface area contributed by atoms with Crippen LogP contribution in [0.15, 0.2) is 55.2 Å². The van der Waals surface area contributed by atoms with Gasteiger partial charge in [0, 0.05) is 48.2 Å². The van der Waals surface area contributed by atoms with Crippen LogP contribution in [0.1, 0.15) is 31.4 Å². The fourth-order valence-electron chi connectivity index (χ4n) is 4.42. The van der Waals surface area contributed by atoms with Gasteiger partial charge in [-0.25, -0.2) is 9.50 Å². The minimum Gasteiger partial charge on any atom is -0.353 e. The lowest BCUT2D eigenvalue weighted by atomic mass is 9.97. The van der Waals surface area contributed by atoms with Gasteiger partial charge in [-0.2, -0.15) is 23.4 Å². The Morgan fingerprint density at radius 1 is 1.16 bits per heavy atom. The van der Waals surface area contributed by atoms with Crippen molar-refractivity contribution in [3.05, 3.63) is 65.8 Å². The largest absolute Gasteiger partial charge is 0.390 e. The number of halogens is 4. The summed E-state index contributed by atoms with van der Waals surface area (Å²) in [6.45, 7) is 2.82. The molecule has 0 aliphatic carbocycles. The highest BCUT2D eigenvalue weighted by molar-refractivity contribution is 6.30. The van der Waals surface area contributed by atoms with Crippen LogP contribution in [0.5, 0.6) is 0 Å². The predicted octanol–water partition coefficient (Wildman–Crippen LogP) is 4.90. The fourth-order valence-corrected chi connectivity index (χ4v) is 4.54. The zero-order valence-electron chi connectivity index (χ0n) is 20.0. The van der Waals surface area contributed by atoms with Gasteiger partial charge in [-0.1, -0.05) is 30.7 Å². The van der Waals surface area contributed by atoms with Crippen LogP contribution in [0.25, 0.3) is 16.6 Å². The van der Waals surface area contributed by atoms with Gasteiger partial charge in [-0.05, 0) is 30.2 Å². The molecule has 1 aromatic carbocycles. The molecule has 0 radical (unpaired) electrons. The molecule has 5 rings (SSSR count). The second kappa shape index (κ2) is 10.0. The molecule has 3 aromatic heterocycles. The van der Waals surface area contributed by atoms with Gasteiger partial charge in [0.2, 0.25) is 5.91 Å². The van der Waals surface area contributed by atoms with Crippen molar-refractivity contribution in [3.63, 3.8) is 0 Å². The van der Waals surface area contributed by atoms with E-state index < -0.39 is 12.6 Å². The van der Waals surface area contributed by atoms with E-state index in [0.717, 1.165) is 23.1 Å². The SMILES string of the molecule is CCC(NC(=O)C1CN(c2ncnn3cc(-c4cnn(CCC(F)(F)F)c4)cc23)C1)c1ccc(Cl)cc1. The maximum atomic E-state index is 12.9. The molecule has 1 aliphatic rings. The third-order valence-corrected chi connectivity index (χ3v) is 6.78. The third kappa shape index (κ3) is 5.56. The quantitative estimate of drug-likeness (QED) is 0.350. The minimum atomic E-state index is -4.24. The Hall–Kier alpha value is -3.60. The Balaban J connectivity index is 1.25. The summed E-state index contributed by atoms with van der Waals surface area (Å²) in [7, 11) is 0. The summed E-state index contributed by atoms with van der Waals surface area (Å²) < 4.78 is 40.5. The van der Waals surface area contributed by atoms with Gasteiger partial charge in [0.1, 0.15) is 11.8 Å². The second-order valence-corrected chi connectivity index (χ2v) is 9.56. The summed E-state index contributed by atoms with van der Waals surface area (Å²) >= 11 is 5.98. The number of carbonyl (C=O) groups excluding carboxylic acids is 1. The first-order valence-electron chi connectivity index (χ1n) is 11.9. The second-order valence-electron chi connectivity index (χ2n) is 9.12. The molecule has 194 valence electrons. The maximum absolute atomic E-state index is 12.9. The normalized spacial score (nSPS) is 15.1. The molecular formula is C25H25ClF3N7O. The number of aryl methyl sites for hydroxylation is 1. The molecule has 1 saturated heterocycles. The number of fused-ring (bicyclic) bond motifs is 1. The molecular weight excluding hydrogens is 507 g/mol. The number of aromatic nitrogens is 5. The zero-order chi connectivity index (χ0) is 26.2. The van der Waals surface area contributed by atoms with Gasteiger partial charge in [-0.3, -0.25) is 9.48 Å². The first-order valence-corrected chi connectivity index (χ1v) is 12.3. The first kappa shape index (κ1) is 25.1. The number of hydrogen-bond donors (Lipinski definition) is 1. The smallest absolute Gasteiger partial charge is 0.353 e. The summed E-state index contributed by atoms with van der Waals surface area (Å²) in [4.78, 5) is 19.3. The third-order valence-electron chi connectivity index (χ3n) is 6.53. The predicted molar refractivity (Wildman–Crippen MR) is 133 cm³/mol. The molecule has 1 fully saturated rings. The van der Waals surface area contributed by atoms with E-state index in [9.17, 15) is 18.0 Å². The number of alkyl halides is 3. The maximum Gasteiger partial charge on any atom is 0.390 e. The number of benzene rings is 1. The van der Waals surface area contributed by atoms with E-state index >= 15 is 0 Å². The van der Waals surface area contributed by atoms with Crippen molar-refractivity contribution in [1.29, 1.82) is 0 Å². The van der Waals surface area contributed by atoms with E-state index in [4.69, 9.17) is 11.6 Å². The number of rotatable bonds is 8. The van der Waals surface area contributed by atoms with Gasteiger partial charge in [0.15, 0.2) is 5.82 Å². The highest BCUT2D eigenvalue weighted by Crippen LogP contribution is 2.31. The van der Waals surface area contributed by atoms with Crippen LogP contribution in [0.3, 0.4) is 0 Å². The lowest BCUT2D eigenvalue weighted by molar-refractivity contribution is -0.137. The summed E-state index contributed by atoms with van der Waals surface area (Å²) in [6, 6.07) is 9.26. The van der Waals surface area contributed by atoms with Gasteiger partial charge < -0.3 is 10.2 Å². The van der Waals surface area contributed by atoms with Crippen LogP contribution >= 0.6 is 11.6 Å². The zero-order valence-corrected chi connectivity index (χ0v) is 20.7. The Morgan fingerprint density at radius 2 is 1.92 bits per heavy atom. The minimum absolute atomic E-state index is 0.00882. The van der Waals surface area contributed by atoms with Crippen LogP contribution in [0.4, 0.5) is 19.0 Å². The molecule has 0 spiro atoms. The van der Waals surface area contributed by atoms with Crippen molar-refractivity contribution in [2.24, 2.45) is 5.92 Å². The summed E-state index contributed by atoms with van der Waals surface area (Å²) in [5, 5.41) is 12.1. The molecule has 1 atom stereocenters. The number of nitrogens with one attached hydrogen (secondary N) is 1. The molecule has 12 heteroatoms. The molecule has 4 heterocycles. The highest BCUT2D eigenvalue weighted by atomic mass is 35.5. The lowest BCUT2D eigenvalue weighted by Crippen LogP contribution is -2.54. The van der Waals surface area contributed by atoms with Crippen LogP contribution in [-0.4, -0.2) is 49.6 Å². The van der Waals surface area contributed by atoms with Crippen LogP contribution in [0.2, 0.25) is 5.02 Å². The average Bonchev–Trinajstić information content (AvgIpc) is 3.48. The van der Waals surface area contributed by atoms with E-state index in [1.807, 2.05) is 42.2 Å². The molecule has 1 amide bonds. The van der Waals surface area contributed by atoms with E-state index in [2.05, 4.69) is 20.5 Å². The van der Waals surface area contributed by atoms with Crippen molar-refractivity contribution in [3.8, 4) is 11.1 Å².